The summed E-state index contributed by atoms with van der Waals surface area (Å²) in [4.78, 5) is 26.4. The first-order valence-electron chi connectivity index (χ1n) is 11.7. The minimum absolute atomic E-state index is 0.00889. The van der Waals surface area contributed by atoms with E-state index in [4.69, 9.17) is 23.2 Å². The first kappa shape index (κ1) is 29.6. The molecule has 0 aliphatic carbocycles. The van der Waals surface area contributed by atoms with Crippen LogP contribution in [0.1, 0.15) is 54.5 Å². The molecule has 0 bridgehead atoms. The van der Waals surface area contributed by atoms with Gasteiger partial charge in [0.05, 0.1) is 22.9 Å². The van der Waals surface area contributed by atoms with E-state index in [1.165, 1.54) is 6.07 Å². The second kappa shape index (κ2) is 10.1. The van der Waals surface area contributed by atoms with Gasteiger partial charge in [-0.15, -0.1) is 11.6 Å². The number of alkyl halides is 7. The van der Waals surface area contributed by atoms with E-state index in [1.54, 1.807) is 0 Å². The topological polar surface area (TPSA) is 76.0 Å². The molecule has 0 fully saturated rings. The minimum atomic E-state index is -5.01. The number of aromatic nitrogens is 2. The van der Waals surface area contributed by atoms with Gasteiger partial charge in [-0.25, -0.2) is 8.78 Å². The van der Waals surface area contributed by atoms with E-state index in [9.17, 15) is 44.7 Å². The highest BCUT2D eigenvalue weighted by atomic mass is 35.5. The molecule has 0 saturated carbocycles. The fourth-order valence-electron chi connectivity index (χ4n) is 4.78. The van der Waals surface area contributed by atoms with Gasteiger partial charge in [-0.1, -0.05) is 11.6 Å². The van der Waals surface area contributed by atoms with Gasteiger partial charge in [0.1, 0.15) is 17.2 Å². The third-order valence-electron chi connectivity index (χ3n) is 6.54. The van der Waals surface area contributed by atoms with Crippen molar-refractivity contribution in [2.45, 2.75) is 23.8 Å². The molecule has 1 aliphatic rings. The van der Waals surface area contributed by atoms with Gasteiger partial charge in [-0.2, -0.15) is 31.4 Å². The molecule has 0 spiro atoms. The first-order valence-corrected chi connectivity index (χ1v) is 12.5. The summed E-state index contributed by atoms with van der Waals surface area (Å²) in [6, 6.07) is 3.96. The number of benzene rings is 3. The Morgan fingerprint density at radius 3 is 2.38 bits per heavy atom. The number of halogens is 10. The van der Waals surface area contributed by atoms with Gasteiger partial charge < -0.3 is 10.6 Å². The molecule has 6 nitrogen and oxygen atoms in total. The molecule has 2 N–H and O–H groups in total. The lowest BCUT2D eigenvalue weighted by molar-refractivity contribution is -0.137. The molecule has 2 heterocycles. The van der Waals surface area contributed by atoms with Crippen LogP contribution in [-0.2, 0) is 13.2 Å². The van der Waals surface area contributed by atoms with Crippen LogP contribution >= 0.6 is 23.2 Å². The quantitative estimate of drug-likeness (QED) is 0.180. The van der Waals surface area contributed by atoms with Gasteiger partial charge in [0.15, 0.2) is 5.38 Å². The van der Waals surface area contributed by atoms with E-state index in [0.717, 1.165) is 29.9 Å². The summed E-state index contributed by atoms with van der Waals surface area (Å²) in [5.41, 5.74) is -3.95. The molecule has 16 heteroatoms. The second-order valence-electron chi connectivity index (χ2n) is 9.27. The largest absolute Gasteiger partial charge is 0.416 e. The molecule has 1 aromatic heterocycles. The molecule has 42 heavy (non-hydrogen) atoms. The van der Waals surface area contributed by atoms with Crippen LogP contribution in [0.5, 0.6) is 0 Å². The van der Waals surface area contributed by atoms with Gasteiger partial charge >= 0.3 is 12.4 Å². The Morgan fingerprint density at radius 1 is 1.05 bits per heavy atom. The molecular formula is C26H14Cl2F8N4O2. The smallest absolute Gasteiger partial charge is 0.341 e. The Kier molecular flexibility index (Phi) is 7.13. The van der Waals surface area contributed by atoms with Crippen molar-refractivity contribution >= 4 is 51.6 Å². The molecule has 0 saturated heterocycles. The average molecular weight is 637 g/mol. The van der Waals surface area contributed by atoms with E-state index in [2.05, 4.69) is 15.7 Å². The number of rotatable bonds is 4. The number of anilines is 1. The second-order valence-corrected chi connectivity index (χ2v) is 10.1. The molecule has 220 valence electrons. The SMILES string of the molecule is Cn1nc2c3c(c(NC(=O)c4cc(F)cc(C(F)(F)F)c4)cc2c1C(Cl)C(F)(F)F)C(c1cc(F)ccc1Cl)NC3=O. The van der Waals surface area contributed by atoms with Gasteiger partial charge in [-0.05, 0) is 42.5 Å². The zero-order valence-corrected chi connectivity index (χ0v) is 22.2. The third kappa shape index (κ3) is 5.13. The zero-order chi connectivity index (χ0) is 30.9. The number of carbonyl (C=O) groups is 2. The van der Waals surface area contributed by atoms with Crippen LogP contribution in [0.15, 0.2) is 42.5 Å². The van der Waals surface area contributed by atoms with Gasteiger partial charge in [0.25, 0.3) is 11.8 Å². The zero-order valence-electron chi connectivity index (χ0n) is 20.7. The third-order valence-corrected chi connectivity index (χ3v) is 7.34. The lowest BCUT2D eigenvalue weighted by atomic mass is 9.93. The summed E-state index contributed by atoms with van der Waals surface area (Å²) in [5.74, 6) is -4.34. The molecule has 2 unspecified atom stereocenters. The van der Waals surface area contributed by atoms with Crippen molar-refractivity contribution in [2.75, 3.05) is 5.32 Å². The number of nitrogens with one attached hydrogen (secondary N) is 2. The lowest BCUT2D eigenvalue weighted by Crippen LogP contribution is -2.21. The lowest BCUT2D eigenvalue weighted by Gasteiger charge is -2.19. The van der Waals surface area contributed by atoms with Gasteiger partial charge in [0.2, 0.25) is 0 Å². The maximum absolute atomic E-state index is 14.2. The van der Waals surface area contributed by atoms with Crippen molar-refractivity contribution in [2.24, 2.45) is 7.05 Å². The minimum Gasteiger partial charge on any atom is -0.341 e. The summed E-state index contributed by atoms with van der Waals surface area (Å²) in [6.07, 6.45) is -9.98. The molecular weight excluding hydrogens is 623 g/mol. The van der Waals surface area contributed by atoms with Crippen LogP contribution in [0.25, 0.3) is 10.9 Å². The molecule has 5 rings (SSSR count). The van der Waals surface area contributed by atoms with E-state index >= 15 is 0 Å². The van der Waals surface area contributed by atoms with Crippen molar-refractivity contribution in [3.63, 3.8) is 0 Å². The van der Waals surface area contributed by atoms with Crippen LogP contribution in [0.4, 0.5) is 40.8 Å². The summed E-state index contributed by atoms with van der Waals surface area (Å²) < 4.78 is 110. The summed E-state index contributed by atoms with van der Waals surface area (Å²) >= 11 is 12.0. The van der Waals surface area contributed by atoms with Crippen LogP contribution in [0, 0.1) is 11.6 Å². The average Bonchev–Trinajstić information content (AvgIpc) is 3.39. The Balaban J connectivity index is 1.76. The van der Waals surface area contributed by atoms with E-state index in [0.29, 0.717) is 12.1 Å². The van der Waals surface area contributed by atoms with Gasteiger partial charge in [-0.3, -0.25) is 14.3 Å². The highest BCUT2D eigenvalue weighted by Gasteiger charge is 2.44. The summed E-state index contributed by atoms with van der Waals surface area (Å²) in [5, 5.41) is 5.85. The Morgan fingerprint density at radius 2 is 1.74 bits per heavy atom. The van der Waals surface area contributed by atoms with Crippen LogP contribution < -0.4 is 10.6 Å². The first-order chi connectivity index (χ1) is 19.5. The summed E-state index contributed by atoms with van der Waals surface area (Å²) in [6.45, 7) is 0. The molecule has 2 atom stereocenters. The Labute approximate surface area is 240 Å². The standard InChI is InChI=1S/C26H14Cl2F8N4O2/c1-40-21(22(28)26(34,35)36)14-8-16(37-23(41)9-4-10(25(31,32)33)6-12(30)5-9)17-18(20(14)39-40)24(42)38-19(17)13-7-11(29)2-3-15(13)27/h2-8,19,22H,1H3,(H,37,41)(H,38,42). The molecule has 4 aromatic rings. The Hall–Kier alpha value is -3.91. The fourth-order valence-corrected chi connectivity index (χ4v) is 5.26. The normalized spacial score (nSPS) is 16.0. The molecule has 1 aliphatic heterocycles. The predicted octanol–water partition coefficient (Wildman–Crippen LogP) is 7.45. The van der Waals surface area contributed by atoms with E-state index < -0.39 is 64.0 Å². The summed E-state index contributed by atoms with van der Waals surface area (Å²) in [7, 11) is 1.14. The van der Waals surface area contributed by atoms with Crippen molar-refractivity contribution in [1.29, 1.82) is 0 Å². The number of amides is 2. The van der Waals surface area contributed by atoms with Crippen molar-refractivity contribution in [1.82, 2.24) is 15.1 Å². The highest BCUT2D eigenvalue weighted by molar-refractivity contribution is 6.31. The maximum Gasteiger partial charge on any atom is 0.416 e. The van der Waals surface area contributed by atoms with Crippen molar-refractivity contribution in [3.8, 4) is 0 Å². The monoisotopic (exact) mass is 636 g/mol. The van der Waals surface area contributed by atoms with Crippen LogP contribution in [-0.4, -0.2) is 27.8 Å². The number of nitrogens with zero attached hydrogens (tertiary/aromatic N) is 2. The van der Waals surface area contributed by atoms with E-state index in [-0.39, 0.29) is 44.4 Å². The predicted molar refractivity (Wildman–Crippen MR) is 135 cm³/mol. The number of carbonyl (C=O) groups excluding carboxylic acids is 2. The molecule has 2 amide bonds. The van der Waals surface area contributed by atoms with E-state index in [1.807, 2.05) is 0 Å². The number of aryl methyl sites for hydroxylation is 1. The number of fused-ring (bicyclic) bond motifs is 3. The molecule has 0 radical (unpaired) electrons. The van der Waals surface area contributed by atoms with Crippen LogP contribution in [0.2, 0.25) is 5.02 Å². The number of hydrogen-bond acceptors (Lipinski definition) is 3. The van der Waals surface area contributed by atoms with Crippen LogP contribution in [0.3, 0.4) is 0 Å². The van der Waals surface area contributed by atoms with Crippen molar-refractivity contribution in [3.05, 3.63) is 92.6 Å². The number of hydrogen-bond donors (Lipinski definition) is 2. The Bertz CT molecular complexity index is 1790. The fraction of sp³-hybridized carbons (Fsp3) is 0.192. The highest BCUT2D eigenvalue weighted by Crippen LogP contribution is 2.47. The van der Waals surface area contributed by atoms with Gasteiger partial charge in [0, 0.05) is 39.8 Å². The molecule has 3 aromatic carbocycles. The van der Waals surface area contributed by atoms with Crippen molar-refractivity contribution < 1.29 is 44.7 Å². The maximum atomic E-state index is 14.2.